The van der Waals surface area contributed by atoms with Crippen LogP contribution < -0.4 is 11.2 Å². The molecule has 0 saturated carbocycles. The molecule has 26 heavy (non-hydrogen) atoms. The Morgan fingerprint density at radius 1 is 1.31 bits per heavy atom. The number of carbonyl (C=O) groups excluding carboxylic acids is 1. The number of amides is 1. The van der Waals surface area contributed by atoms with Crippen LogP contribution >= 0.6 is 11.6 Å². The lowest BCUT2D eigenvalue weighted by Crippen LogP contribution is -2.30. The number of hydrogen-bond acceptors (Lipinski definition) is 4. The topological polar surface area (TPSA) is 106 Å². The predicted molar refractivity (Wildman–Crippen MR) is 103 cm³/mol. The SMILES string of the molecule is C.CC(C)CS(=O)(=O)c1ccccc1Cn1cc(Cl)cc(C(N)=O)c1=N. The van der Waals surface area contributed by atoms with Gasteiger partial charge >= 0.3 is 0 Å². The monoisotopic (exact) mass is 397 g/mol. The van der Waals surface area contributed by atoms with Crippen molar-refractivity contribution in [2.45, 2.75) is 32.7 Å². The van der Waals surface area contributed by atoms with Gasteiger partial charge in [-0.15, -0.1) is 0 Å². The van der Waals surface area contributed by atoms with E-state index in [1.165, 1.54) is 16.8 Å². The number of benzene rings is 1. The van der Waals surface area contributed by atoms with Crippen LogP contribution in [0, 0.1) is 11.3 Å². The molecule has 0 spiro atoms. The molecule has 1 amide bonds. The summed E-state index contributed by atoms with van der Waals surface area (Å²) in [5, 5.41) is 8.36. The number of carbonyl (C=O) groups is 1. The Morgan fingerprint density at radius 2 is 1.92 bits per heavy atom. The molecule has 0 bridgehead atoms. The minimum Gasteiger partial charge on any atom is -0.365 e. The second-order valence-corrected chi connectivity index (χ2v) is 8.63. The highest BCUT2D eigenvalue weighted by molar-refractivity contribution is 7.91. The van der Waals surface area contributed by atoms with E-state index in [0.717, 1.165) is 0 Å². The molecule has 142 valence electrons. The fourth-order valence-electron chi connectivity index (χ4n) is 2.57. The number of aromatic nitrogens is 1. The Balaban J connectivity index is 0.00000338. The largest absolute Gasteiger partial charge is 0.365 e. The number of nitrogens with two attached hydrogens (primary N) is 1. The lowest BCUT2D eigenvalue weighted by molar-refractivity contribution is 0.0997. The van der Waals surface area contributed by atoms with Crippen molar-refractivity contribution in [3.8, 4) is 0 Å². The highest BCUT2D eigenvalue weighted by Crippen LogP contribution is 2.20. The van der Waals surface area contributed by atoms with Crippen LogP contribution in [0.25, 0.3) is 0 Å². The summed E-state index contributed by atoms with van der Waals surface area (Å²) in [5.74, 6) is -0.739. The number of rotatable bonds is 6. The number of pyridine rings is 1. The molecule has 1 heterocycles. The maximum Gasteiger partial charge on any atom is 0.252 e. The second kappa shape index (κ2) is 8.51. The van der Waals surface area contributed by atoms with E-state index in [0.29, 0.717) is 5.56 Å². The number of sulfone groups is 1. The van der Waals surface area contributed by atoms with Crippen molar-refractivity contribution >= 4 is 27.3 Å². The smallest absolute Gasteiger partial charge is 0.252 e. The minimum atomic E-state index is -3.46. The van der Waals surface area contributed by atoms with Crippen molar-refractivity contribution < 1.29 is 13.2 Å². The van der Waals surface area contributed by atoms with Gasteiger partial charge in [-0.1, -0.05) is 51.1 Å². The van der Waals surface area contributed by atoms with Gasteiger partial charge in [0, 0.05) is 6.20 Å². The van der Waals surface area contributed by atoms with Crippen LogP contribution in [0.2, 0.25) is 5.02 Å². The average Bonchev–Trinajstić information content (AvgIpc) is 2.49. The van der Waals surface area contributed by atoms with Crippen molar-refractivity contribution in [3.63, 3.8) is 0 Å². The predicted octanol–water partition coefficient (Wildman–Crippen LogP) is 2.83. The summed E-state index contributed by atoms with van der Waals surface area (Å²) >= 11 is 6.00. The van der Waals surface area contributed by atoms with Gasteiger partial charge in [-0.3, -0.25) is 10.2 Å². The van der Waals surface area contributed by atoms with Gasteiger partial charge in [-0.05, 0) is 23.6 Å². The third kappa shape index (κ3) is 4.95. The molecule has 8 heteroatoms. The van der Waals surface area contributed by atoms with E-state index >= 15 is 0 Å². The summed E-state index contributed by atoms with van der Waals surface area (Å²) in [6.45, 7) is 3.77. The molecule has 0 aliphatic heterocycles. The standard InChI is InChI=1S/C17H20ClN3O3S.CH4/c1-11(2)10-25(23,24)15-6-4-3-5-12(15)8-21-9-13(18)7-14(16(21)19)17(20)22;/h3-7,9,11,19H,8,10H2,1-2H3,(H2,20,22);1H4. The molecular weight excluding hydrogens is 374 g/mol. The van der Waals surface area contributed by atoms with Crippen LogP contribution in [0.5, 0.6) is 0 Å². The van der Waals surface area contributed by atoms with Crippen LogP contribution in [0.15, 0.2) is 41.4 Å². The lowest BCUT2D eigenvalue weighted by Gasteiger charge is -2.15. The number of halogens is 1. The summed E-state index contributed by atoms with van der Waals surface area (Å²) < 4.78 is 26.7. The Bertz CT molecular complexity index is 966. The summed E-state index contributed by atoms with van der Waals surface area (Å²) in [7, 11) is -3.46. The van der Waals surface area contributed by atoms with E-state index in [1.807, 2.05) is 13.8 Å². The van der Waals surface area contributed by atoms with Gasteiger partial charge in [0.2, 0.25) is 0 Å². The maximum atomic E-state index is 12.6. The molecule has 0 unspecified atom stereocenters. The highest BCUT2D eigenvalue weighted by Gasteiger charge is 2.20. The first-order valence-electron chi connectivity index (χ1n) is 7.67. The van der Waals surface area contributed by atoms with Gasteiger partial charge in [0.25, 0.3) is 5.91 Å². The molecule has 2 rings (SSSR count). The van der Waals surface area contributed by atoms with Crippen molar-refractivity contribution in [1.29, 1.82) is 5.41 Å². The number of nitrogens with zero attached hydrogens (tertiary/aromatic N) is 1. The molecule has 0 aliphatic rings. The van der Waals surface area contributed by atoms with Gasteiger partial charge in [0.1, 0.15) is 5.49 Å². The average molecular weight is 398 g/mol. The molecule has 1 aromatic carbocycles. The van der Waals surface area contributed by atoms with Gasteiger partial charge in [0.05, 0.1) is 27.8 Å². The summed E-state index contributed by atoms with van der Waals surface area (Å²) in [6, 6.07) is 7.95. The van der Waals surface area contributed by atoms with Crippen LogP contribution in [-0.2, 0) is 16.4 Å². The summed E-state index contributed by atoms with van der Waals surface area (Å²) in [4.78, 5) is 11.7. The third-order valence-electron chi connectivity index (χ3n) is 3.57. The molecule has 1 aromatic heterocycles. The molecular formula is C18H24ClN3O3S. The van der Waals surface area contributed by atoms with E-state index in [9.17, 15) is 13.2 Å². The molecule has 0 saturated heterocycles. The first kappa shape index (κ1) is 21.9. The lowest BCUT2D eigenvalue weighted by atomic mass is 10.2. The van der Waals surface area contributed by atoms with Gasteiger partial charge in [0.15, 0.2) is 9.84 Å². The fraction of sp³-hybridized carbons (Fsp3) is 0.333. The number of primary amides is 1. The van der Waals surface area contributed by atoms with E-state index in [-0.39, 0.29) is 46.6 Å². The second-order valence-electron chi connectivity index (χ2n) is 6.20. The third-order valence-corrected chi connectivity index (χ3v) is 5.95. The number of hydrogen-bond donors (Lipinski definition) is 2. The van der Waals surface area contributed by atoms with Gasteiger partial charge < -0.3 is 10.3 Å². The summed E-state index contributed by atoms with van der Waals surface area (Å²) in [6.07, 6.45) is 1.47. The fourth-order valence-corrected chi connectivity index (χ4v) is 4.68. The van der Waals surface area contributed by atoms with Crippen molar-refractivity contribution in [1.82, 2.24) is 4.57 Å². The molecule has 0 radical (unpaired) electrons. The Hall–Kier alpha value is -2.12. The van der Waals surface area contributed by atoms with Crippen LogP contribution in [0.1, 0.15) is 37.2 Å². The first-order valence-corrected chi connectivity index (χ1v) is 9.70. The van der Waals surface area contributed by atoms with Crippen LogP contribution in [-0.4, -0.2) is 24.6 Å². The zero-order chi connectivity index (χ0) is 18.8. The zero-order valence-electron chi connectivity index (χ0n) is 14.0. The van der Waals surface area contributed by atoms with Gasteiger partial charge in [-0.25, -0.2) is 8.42 Å². The Kier molecular flexibility index (Phi) is 7.17. The van der Waals surface area contributed by atoms with E-state index < -0.39 is 15.7 Å². The minimum absolute atomic E-state index is 0. The Morgan fingerprint density at radius 3 is 2.50 bits per heavy atom. The van der Waals surface area contributed by atoms with E-state index in [1.54, 1.807) is 24.3 Å². The summed E-state index contributed by atoms with van der Waals surface area (Å²) in [5.41, 5.74) is 5.66. The molecule has 0 aliphatic carbocycles. The normalized spacial score (nSPS) is 11.2. The molecule has 0 atom stereocenters. The highest BCUT2D eigenvalue weighted by atomic mass is 35.5. The molecule has 0 fully saturated rings. The van der Waals surface area contributed by atoms with Gasteiger partial charge in [-0.2, -0.15) is 0 Å². The van der Waals surface area contributed by atoms with E-state index in [2.05, 4.69) is 0 Å². The first-order chi connectivity index (χ1) is 11.6. The quantitative estimate of drug-likeness (QED) is 0.782. The molecule has 6 nitrogen and oxygen atoms in total. The van der Waals surface area contributed by atoms with Crippen molar-refractivity contribution in [2.24, 2.45) is 11.7 Å². The molecule has 3 N–H and O–H groups in total. The van der Waals surface area contributed by atoms with Crippen molar-refractivity contribution in [3.05, 3.63) is 58.2 Å². The molecule has 2 aromatic rings. The zero-order valence-corrected chi connectivity index (χ0v) is 15.6. The maximum absolute atomic E-state index is 12.6. The Labute approximate surface area is 159 Å². The number of nitrogens with one attached hydrogen (secondary N) is 1. The van der Waals surface area contributed by atoms with Crippen molar-refractivity contribution in [2.75, 3.05) is 5.75 Å². The van der Waals surface area contributed by atoms with Crippen LogP contribution in [0.4, 0.5) is 0 Å². The van der Waals surface area contributed by atoms with Crippen LogP contribution in [0.3, 0.4) is 0 Å². The van der Waals surface area contributed by atoms with E-state index in [4.69, 9.17) is 22.7 Å².